The van der Waals surface area contributed by atoms with Crippen LogP contribution in [0.5, 0.6) is 0 Å². The van der Waals surface area contributed by atoms with Crippen LogP contribution in [0.1, 0.15) is 101 Å². The van der Waals surface area contributed by atoms with Crippen LogP contribution in [-0.2, 0) is 33.2 Å². The summed E-state index contributed by atoms with van der Waals surface area (Å²) in [6.45, 7) is 19.1. The molecule has 3 aliphatic rings. The molecule has 17 atom stereocenters. The van der Waals surface area contributed by atoms with Crippen molar-refractivity contribution in [2.75, 3.05) is 34.8 Å². The zero-order chi connectivity index (χ0) is 38.8. The molecule has 0 bridgehead atoms. The Bertz CT molecular complexity index is 1110. The highest BCUT2D eigenvalue weighted by atomic mass is 16.7. The Morgan fingerprint density at radius 1 is 0.941 bits per heavy atom. The molecule has 3 saturated heterocycles. The van der Waals surface area contributed by atoms with Gasteiger partial charge in [-0.15, -0.1) is 0 Å². The molecule has 3 rings (SSSR count). The molecule has 51 heavy (non-hydrogen) atoms. The van der Waals surface area contributed by atoms with Gasteiger partial charge in [0.05, 0.1) is 47.1 Å². The zero-order valence-electron chi connectivity index (χ0n) is 33.9. The smallest absolute Gasteiger partial charge is 0.311 e. The third-order valence-corrected chi connectivity index (χ3v) is 12.0. The number of rotatable bonds is 7. The number of aliphatic hydroxyl groups is 4. The molecule has 0 aromatic rings. The highest BCUT2D eigenvalue weighted by molar-refractivity contribution is 5.73. The molecule has 0 unspecified atom stereocenters. The fourth-order valence-electron chi connectivity index (χ4n) is 8.75. The van der Waals surface area contributed by atoms with Crippen molar-refractivity contribution in [2.24, 2.45) is 17.8 Å². The van der Waals surface area contributed by atoms with Crippen LogP contribution < -0.4 is 0 Å². The van der Waals surface area contributed by atoms with E-state index in [0.29, 0.717) is 25.8 Å². The van der Waals surface area contributed by atoms with E-state index in [1.165, 1.54) is 7.11 Å². The molecule has 0 saturated carbocycles. The van der Waals surface area contributed by atoms with Crippen molar-refractivity contribution >= 4 is 5.97 Å². The summed E-state index contributed by atoms with van der Waals surface area (Å²) in [5.41, 5.74) is -3.79. The van der Waals surface area contributed by atoms with Gasteiger partial charge in [-0.05, 0) is 101 Å². The van der Waals surface area contributed by atoms with Crippen molar-refractivity contribution in [3.63, 3.8) is 0 Å². The minimum atomic E-state index is -1.51. The van der Waals surface area contributed by atoms with Gasteiger partial charge in [0.2, 0.25) is 0 Å². The van der Waals surface area contributed by atoms with E-state index in [0.717, 1.165) is 0 Å². The summed E-state index contributed by atoms with van der Waals surface area (Å²) in [6, 6.07) is -0.368. The Labute approximate surface area is 307 Å². The fourth-order valence-corrected chi connectivity index (χ4v) is 8.75. The minimum Gasteiger partial charge on any atom is -0.459 e. The van der Waals surface area contributed by atoms with Gasteiger partial charge >= 0.3 is 5.97 Å². The minimum absolute atomic E-state index is 0.0425. The zero-order valence-corrected chi connectivity index (χ0v) is 33.9. The van der Waals surface area contributed by atoms with E-state index in [1.54, 1.807) is 34.6 Å². The predicted molar refractivity (Wildman–Crippen MR) is 193 cm³/mol. The second-order valence-corrected chi connectivity index (χ2v) is 17.2. The second-order valence-electron chi connectivity index (χ2n) is 17.2. The standard InChI is InChI=1S/C38H72N2O11/c1-15-28-36(8,44)17-21(2)20-40(13)22(3)18-37(9,45)33(51-35-30(41)27(39(11)12)16-23(4)47-35)24(5)31(25(6)34(43)49-28)50-29-19-38(10,46-14)32(42)26(7)48-29/h21-33,35,41-42,44-45H,15-20H2,1-14H3/t21-,22+,23+,24-,25+,26-,27-,28+,29-,30+,31-,32-,33+,35-,36-,37+,38+/m0/s1. The predicted octanol–water partition coefficient (Wildman–Crippen LogP) is 2.93. The molecule has 0 radical (unpaired) electrons. The Kier molecular flexibility index (Phi) is 15.4. The molecule has 13 heteroatoms. The van der Waals surface area contributed by atoms with Crippen LogP contribution in [0.4, 0.5) is 0 Å². The second kappa shape index (κ2) is 17.7. The number of likely N-dealkylation sites (N-methyl/N-ethyl adjacent to an activating group) is 1. The van der Waals surface area contributed by atoms with Crippen molar-refractivity contribution in [2.45, 2.75) is 186 Å². The summed E-state index contributed by atoms with van der Waals surface area (Å²) in [7, 11) is 7.32. The Hall–Kier alpha value is -0.970. The number of hydrogen-bond acceptors (Lipinski definition) is 13. The van der Waals surface area contributed by atoms with Crippen LogP contribution >= 0.6 is 0 Å². The van der Waals surface area contributed by atoms with Crippen molar-refractivity contribution in [3.05, 3.63) is 0 Å². The lowest BCUT2D eigenvalue weighted by molar-refractivity contribution is -0.318. The molecule has 3 aliphatic heterocycles. The molecule has 13 nitrogen and oxygen atoms in total. The fraction of sp³-hybridized carbons (Fsp3) is 0.974. The number of esters is 1. The SMILES string of the molecule is CC[C@H]1OC(=O)[C@H](C)[C@@H](O[C@H]2C[C@@](C)(OC)[C@@H](O)[C@H](C)O2)[C@H](C)[C@@H](O[C@@H]2O[C@H](C)C[C@H](N(C)C)[C@H]2O)[C@](C)(O)C[C@@H](C)N(C)C[C@@H](C)C[C@]1(C)O. The maximum absolute atomic E-state index is 14.2. The van der Waals surface area contributed by atoms with Crippen LogP contribution in [0.3, 0.4) is 0 Å². The average molecular weight is 733 g/mol. The molecule has 3 fully saturated rings. The molecule has 0 aromatic heterocycles. The average Bonchev–Trinajstić information content (AvgIpc) is 3.02. The number of carbonyl (C=O) groups is 1. The van der Waals surface area contributed by atoms with E-state index in [2.05, 4.69) is 11.8 Å². The highest BCUT2D eigenvalue weighted by Gasteiger charge is 2.52. The van der Waals surface area contributed by atoms with Crippen LogP contribution in [0, 0.1) is 17.8 Å². The molecule has 3 heterocycles. The number of cyclic esters (lactones) is 1. The van der Waals surface area contributed by atoms with Crippen molar-refractivity contribution in [1.82, 2.24) is 9.80 Å². The van der Waals surface area contributed by atoms with Crippen molar-refractivity contribution in [1.29, 1.82) is 0 Å². The van der Waals surface area contributed by atoms with E-state index in [1.807, 2.05) is 53.7 Å². The summed E-state index contributed by atoms with van der Waals surface area (Å²) >= 11 is 0. The molecule has 300 valence electrons. The molecule has 0 aromatic carbocycles. The van der Waals surface area contributed by atoms with Gasteiger partial charge in [0.1, 0.15) is 18.3 Å². The van der Waals surface area contributed by atoms with Gasteiger partial charge in [-0.2, -0.15) is 0 Å². The summed E-state index contributed by atoms with van der Waals surface area (Å²) in [5.74, 6) is -2.14. The van der Waals surface area contributed by atoms with E-state index in [-0.39, 0.29) is 36.9 Å². The summed E-state index contributed by atoms with van der Waals surface area (Å²) in [6.07, 6.45) is -5.65. The number of methoxy groups -OCH3 is 1. The summed E-state index contributed by atoms with van der Waals surface area (Å²) < 4.78 is 37.7. The monoisotopic (exact) mass is 733 g/mol. The van der Waals surface area contributed by atoms with Crippen molar-refractivity contribution < 1.29 is 53.6 Å². The normalized spacial score (nSPS) is 48.9. The van der Waals surface area contributed by atoms with Crippen LogP contribution in [0.15, 0.2) is 0 Å². The third-order valence-electron chi connectivity index (χ3n) is 12.0. The van der Waals surface area contributed by atoms with E-state index >= 15 is 0 Å². The first kappa shape index (κ1) is 44.4. The number of aliphatic hydroxyl groups excluding tert-OH is 2. The Morgan fingerprint density at radius 3 is 2.14 bits per heavy atom. The first-order chi connectivity index (χ1) is 23.5. The van der Waals surface area contributed by atoms with Gasteiger partial charge in [-0.1, -0.05) is 20.8 Å². The number of carbonyl (C=O) groups excluding carboxylic acids is 1. The van der Waals surface area contributed by atoms with Gasteiger partial charge in [0.25, 0.3) is 0 Å². The van der Waals surface area contributed by atoms with Gasteiger partial charge in [0, 0.05) is 38.1 Å². The molecule has 0 spiro atoms. The van der Waals surface area contributed by atoms with E-state index in [9.17, 15) is 25.2 Å². The van der Waals surface area contributed by atoms with Crippen LogP contribution in [0.25, 0.3) is 0 Å². The van der Waals surface area contributed by atoms with Crippen LogP contribution in [0.2, 0.25) is 0 Å². The maximum Gasteiger partial charge on any atom is 0.311 e. The first-order valence-electron chi connectivity index (χ1n) is 19.0. The molecular weight excluding hydrogens is 660 g/mol. The van der Waals surface area contributed by atoms with Crippen LogP contribution in [-0.4, -0.2) is 155 Å². The first-order valence-corrected chi connectivity index (χ1v) is 19.0. The lowest BCUT2D eigenvalue weighted by Crippen LogP contribution is -2.60. The van der Waals surface area contributed by atoms with Gasteiger partial charge in [0.15, 0.2) is 12.6 Å². The summed E-state index contributed by atoms with van der Waals surface area (Å²) in [5, 5.41) is 46.6. The van der Waals surface area contributed by atoms with Gasteiger partial charge < -0.3 is 58.6 Å². The number of hydrogen-bond donors (Lipinski definition) is 4. The third kappa shape index (κ3) is 10.6. The summed E-state index contributed by atoms with van der Waals surface area (Å²) in [4.78, 5) is 18.3. The molecular formula is C38H72N2O11. The lowest BCUT2D eigenvalue weighted by Gasteiger charge is -2.49. The van der Waals surface area contributed by atoms with Crippen molar-refractivity contribution in [3.8, 4) is 0 Å². The molecule has 0 amide bonds. The highest BCUT2D eigenvalue weighted by Crippen LogP contribution is 2.40. The number of nitrogens with zero attached hydrogens (tertiary/aromatic N) is 2. The molecule has 0 aliphatic carbocycles. The van der Waals surface area contributed by atoms with E-state index < -0.39 is 83.8 Å². The Balaban J connectivity index is 2.16. The Morgan fingerprint density at radius 2 is 1.57 bits per heavy atom. The van der Waals surface area contributed by atoms with E-state index in [4.69, 9.17) is 28.4 Å². The number of ether oxygens (including phenoxy) is 6. The van der Waals surface area contributed by atoms with Gasteiger partial charge in [-0.3, -0.25) is 4.79 Å². The molecule has 4 N–H and O–H groups in total. The largest absolute Gasteiger partial charge is 0.459 e. The topological polar surface area (TPSA) is 160 Å². The quantitative estimate of drug-likeness (QED) is 0.284. The van der Waals surface area contributed by atoms with Gasteiger partial charge in [-0.25, -0.2) is 0 Å². The lowest BCUT2D eigenvalue weighted by atomic mass is 9.78. The maximum atomic E-state index is 14.2.